The van der Waals surface area contributed by atoms with E-state index in [0.29, 0.717) is 12.8 Å². The number of aliphatic hydroxyl groups excluding tert-OH is 1. The molecule has 0 saturated heterocycles. The highest BCUT2D eigenvalue weighted by molar-refractivity contribution is 6.10. The Balaban J connectivity index is 1.67. The summed E-state index contributed by atoms with van der Waals surface area (Å²) in [6.45, 7) is 2.02. The van der Waals surface area contributed by atoms with Crippen molar-refractivity contribution in [2.75, 3.05) is 0 Å². The van der Waals surface area contributed by atoms with Crippen LogP contribution < -0.4 is 0 Å². The molecular weight excluding hydrogens is 350 g/mol. The second kappa shape index (κ2) is 6.93. The Morgan fingerprint density at radius 2 is 1.71 bits per heavy atom. The third-order valence-electron chi connectivity index (χ3n) is 6.63. The van der Waals surface area contributed by atoms with Gasteiger partial charge in [-0.15, -0.1) is 0 Å². The monoisotopic (exact) mass is 375 g/mol. The first-order chi connectivity index (χ1) is 13.5. The largest absolute Gasteiger partial charge is 0.511 e. The van der Waals surface area contributed by atoms with Crippen LogP contribution in [0.15, 0.2) is 70.9 Å². The van der Waals surface area contributed by atoms with E-state index < -0.39 is 16.9 Å². The molecule has 0 radical (unpaired) electrons. The number of hydrogen-bond acceptors (Lipinski definition) is 3. The Morgan fingerprint density at radius 1 is 1.04 bits per heavy atom. The molecule has 1 heterocycles. The molecule has 0 spiro atoms. The Hall–Kier alpha value is -2.88. The molecular formula is C24H25NO3. The number of carbonyl (C=O) groups is 1. The van der Waals surface area contributed by atoms with Crippen LogP contribution in [-0.4, -0.2) is 27.9 Å². The predicted molar refractivity (Wildman–Crippen MR) is 111 cm³/mol. The Kier molecular flexibility index (Phi) is 4.58. The van der Waals surface area contributed by atoms with Crippen LogP contribution in [0, 0.1) is 5.41 Å². The number of carboxylic acids is 1. The van der Waals surface area contributed by atoms with E-state index in [1.165, 1.54) is 11.8 Å². The zero-order valence-electron chi connectivity index (χ0n) is 16.1. The van der Waals surface area contributed by atoms with Crippen LogP contribution in [0.1, 0.15) is 38.2 Å². The molecule has 1 saturated carbocycles. The van der Waals surface area contributed by atoms with Gasteiger partial charge in [0.05, 0.1) is 11.0 Å². The summed E-state index contributed by atoms with van der Waals surface area (Å²) in [6, 6.07) is 18.7. The number of benzene rings is 2. The van der Waals surface area contributed by atoms with Crippen molar-refractivity contribution in [3.05, 3.63) is 71.5 Å². The van der Waals surface area contributed by atoms with Gasteiger partial charge in [0, 0.05) is 6.21 Å². The molecule has 0 bridgehead atoms. The molecule has 144 valence electrons. The summed E-state index contributed by atoms with van der Waals surface area (Å²) >= 11 is 0. The highest BCUT2D eigenvalue weighted by Gasteiger charge is 2.58. The maximum Gasteiger partial charge on any atom is 0.340 e. The molecule has 1 fully saturated rings. The third kappa shape index (κ3) is 2.75. The van der Waals surface area contributed by atoms with Crippen LogP contribution >= 0.6 is 0 Å². The normalized spacial score (nSPS) is 26.3. The van der Waals surface area contributed by atoms with Gasteiger partial charge in [-0.2, -0.15) is 0 Å². The molecule has 1 aliphatic carbocycles. The van der Waals surface area contributed by atoms with Gasteiger partial charge in [0.15, 0.2) is 0 Å². The second-order valence-corrected chi connectivity index (χ2v) is 7.89. The van der Waals surface area contributed by atoms with Crippen molar-refractivity contribution in [2.45, 2.75) is 44.6 Å². The van der Waals surface area contributed by atoms with Gasteiger partial charge in [0.2, 0.25) is 0 Å². The topological polar surface area (TPSA) is 69.9 Å². The van der Waals surface area contributed by atoms with Crippen molar-refractivity contribution in [1.29, 1.82) is 0 Å². The van der Waals surface area contributed by atoms with E-state index in [1.54, 1.807) is 0 Å². The number of rotatable bonds is 5. The lowest BCUT2D eigenvalue weighted by molar-refractivity contribution is -0.132. The van der Waals surface area contributed by atoms with Gasteiger partial charge in [-0.1, -0.05) is 61.5 Å². The molecule has 2 N–H and O–H groups in total. The number of fused-ring (bicyclic) bond motifs is 1. The lowest BCUT2D eigenvalue weighted by atomic mass is 9.64. The van der Waals surface area contributed by atoms with Crippen LogP contribution in [-0.2, 0) is 11.2 Å². The van der Waals surface area contributed by atoms with E-state index in [1.807, 2.05) is 25.1 Å². The van der Waals surface area contributed by atoms with Gasteiger partial charge < -0.3 is 10.2 Å². The molecule has 2 aromatic rings. The summed E-state index contributed by atoms with van der Waals surface area (Å²) in [5.74, 6) is -1.10. The summed E-state index contributed by atoms with van der Waals surface area (Å²) < 4.78 is 0. The summed E-state index contributed by atoms with van der Waals surface area (Å²) in [7, 11) is 0. The average Bonchev–Trinajstić information content (AvgIpc) is 3.09. The summed E-state index contributed by atoms with van der Waals surface area (Å²) in [6.07, 6.45) is 5.30. The molecule has 28 heavy (non-hydrogen) atoms. The molecule has 4 nitrogen and oxygen atoms in total. The average molecular weight is 375 g/mol. The summed E-state index contributed by atoms with van der Waals surface area (Å²) in [4.78, 5) is 16.3. The standard InChI is InChI=1S/C24H25NO3/c1-2-23-13-6-14-24(23,25-16-20(21(23)26)22(27)28)15-17-9-11-19(12-10-17)18-7-4-3-5-8-18/h3-5,7-12,16,26H,2,6,13-15H2,1H3,(H,27,28). The van der Waals surface area contributed by atoms with E-state index in [0.717, 1.165) is 30.4 Å². The molecule has 0 amide bonds. The van der Waals surface area contributed by atoms with Crippen molar-refractivity contribution >= 4 is 12.2 Å². The molecule has 2 atom stereocenters. The van der Waals surface area contributed by atoms with Crippen LogP contribution in [0.5, 0.6) is 0 Å². The van der Waals surface area contributed by atoms with Gasteiger partial charge >= 0.3 is 5.97 Å². The van der Waals surface area contributed by atoms with Gasteiger partial charge in [0.25, 0.3) is 0 Å². The maximum atomic E-state index is 11.5. The Morgan fingerprint density at radius 3 is 2.36 bits per heavy atom. The van der Waals surface area contributed by atoms with Crippen molar-refractivity contribution in [3.63, 3.8) is 0 Å². The van der Waals surface area contributed by atoms with Crippen LogP contribution in [0.4, 0.5) is 0 Å². The van der Waals surface area contributed by atoms with E-state index >= 15 is 0 Å². The van der Waals surface area contributed by atoms with Crippen LogP contribution in [0.25, 0.3) is 11.1 Å². The second-order valence-electron chi connectivity index (χ2n) is 7.89. The number of dihydropyridines is 1. The molecule has 2 aliphatic rings. The highest BCUT2D eigenvalue weighted by atomic mass is 16.4. The fourth-order valence-electron chi connectivity index (χ4n) is 5.10. The third-order valence-corrected chi connectivity index (χ3v) is 6.63. The molecule has 2 aromatic carbocycles. The van der Waals surface area contributed by atoms with Crippen molar-refractivity contribution in [3.8, 4) is 11.1 Å². The van der Waals surface area contributed by atoms with Gasteiger partial charge in [-0.05, 0) is 48.8 Å². The quantitative estimate of drug-likeness (QED) is 0.755. The minimum absolute atomic E-state index is 0.0101. The SMILES string of the molecule is CCC12CCCC1(Cc1ccc(-c3ccccc3)cc1)N=CC(C(=O)O)=C2O. The number of nitrogens with zero attached hydrogens (tertiary/aromatic N) is 1. The summed E-state index contributed by atoms with van der Waals surface area (Å²) in [5, 5.41) is 20.3. The lowest BCUT2D eigenvalue weighted by Gasteiger charge is -2.45. The highest BCUT2D eigenvalue weighted by Crippen LogP contribution is 2.58. The number of hydrogen-bond donors (Lipinski definition) is 2. The van der Waals surface area contributed by atoms with Crippen molar-refractivity contribution in [2.24, 2.45) is 10.4 Å². The van der Waals surface area contributed by atoms with Crippen molar-refractivity contribution in [1.82, 2.24) is 0 Å². The van der Waals surface area contributed by atoms with E-state index in [9.17, 15) is 15.0 Å². The minimum Gasteiger partial charge on any atom is -0.511 e. The van der Waals surface area contributed by atoms with E-state index in [-0.39, 0.29) is 11.3 Å². The fraction of sp³-hybridized carbons (Fsp3) is 0.333. The van der Waals surface area contributed by atoms with Crippen LogP contribution in [0.2, 0.25) is 0 Å². The minimum atomic E-state index is -1.11. The molecule has 0 aromatic heterocycles. The molecule has 4 heteroatoms. The van der Waals surface area contributed by atoms with Crippen molar-refractivity contribution < 1.29 is 15.0 Å². The van der Waals surface area contributed by atoms with Gasteiger partial charge in [0.1, 0.15) is 11.3 Å². The fourth-order valence-corrected chi connectivity index (χ4v) is 5.10. The number of aliphatic imine (C=N–C) groups is 1. The lowest BCUT2D eigenvalue weighted by Crippen LogP contribution is -2.48. The first-order valence-electron chi connectivity index (χ1n) is 9.88. The van der Waals surface area contributed by atoms with E-state index in [4.69, 9.17) is 4.99 Å². The first-order valence-corrected chi connectivity index (χ1v) is 9.88. The zero-order chi connectivity index (χ0) is 19.8. The smallest absolute Gasteiger partial charge is 0.340 e. The summed E-state index contributed by atoms with van der Waals surface area (Å²) in [5.41, 5.74) is 2.38. The maximum absolute atomic E-state index is 11.5. The van der Waals surface area contributed by atoms with Gasteiger partial charge in [-0.3, -0.25) is 4.99 Å². The van der Waals surface area contributed by atoms with E-state index in [2.05, 4.69) is 36.4 Å². The Bertz CT molecular complexity index is 946. The Labute approximate surface area is 165 Å². The zero-order valence-corrected chi connectivity index (χ0v) is 16.1. The number of carboxylic acid groups (broad SMARTS) is 1. The molecule has 2 unspecified atom stereocenters. The van der Waals surface area contributed by atoms with Crippen LogP contribution in [0.3, 0.4) is 0 Å². The number of aliphatic carboxylic acids is 1. The molecule has 1 aliphatic heterocycles. The number of aliphatic hydroxyl groups is 1. The predicted octanol–water partition coefficient (Wildman–Crippen LogP) is 5.20. The first kappa shape index (κ1) is 18.5. The van der Waals surface area contributed by atoms with Gasteiger partial charge in [-0.25, -0.2) is 4.79 Å². The molecule has 4 rings (SSSR count).